The van der Waals surface area contributed by atoms with Gasteiger partial charge in [0.25, 0.3) is 0 Å². The lowest BCUT2D eigenvalue weighted by Crippen LogP contribution is -2.39. The van der Waals surface area contributed by atoms with Crippen molar-refractivity contribution in [2.45, 2.75) is 12.8 Å². The fraction of sp³-hybridized carbons (Fsp3) is 0.667. The van der Waals surface area contributed by atoms with E-state index in [-0.39, 0.29) is 37.7 Å². The molecule has 1 rings (SSSR count). The minimum absolute atomic E-state index is 0.0379. The molecule has 0 saturated carbocycles. The monoisotopic (exact) mass is 300 g/mol. The number of nitrogens with one attached hydrogen (secondary N) is 4. The molecule has 1 heterocycles. The average molecular weight is 300 g/mol. The van der Waals surface area contributed by atoms with Crippen LogP contribution in [0.4, 0.5) is 0 Å². The number of hydrogen-bond acceptors (Lipinski definition) is 5. The Balaban J connectivity index is 2.42. The zero-order chi connectivity index (χ0) is 15.5. The molecule has 0 unspecified atom stereocenters. The molecule has 9 heteroatoms. The van der Waals surface area contributed by atoms with Crippen LogP contribution in [0, 0.1) is 0 Å². The van der Waals surface area contributed by atoms with Crippen LogP contribution in [0.15, 0.2) is 0 Å². The molecule has 0 aromatic rings. The molecule has 0 radical (unpaired) electrons. The van der Waals surface area contributed by atoms with Crippen molar-refractivity contribution in [3.8, 4) is 0 Å². The van der Waals surface area contributed by atoms with Crippen molar-refractivity contribution in [2.75, 3.05) is 39.4 Å². The van der Waals surface area contributed by atoms with Crippen molar-refractivity contribution in [2.24, 2.45) is 0 Å². The van der Waals surface area contributed by atoms with Crippen LogP contribution < -0.4 is 21.3 Å². The second kappa shape index (κ2) is 9.70. The minimum atomic E-state index is -0.398. The van der Waals surface area contributed by atoms with Gasteiger partial charge in [0.15, 0.2) is 0 Å². The first kappa shape index (κ1) is 16.9. The van der Waals surface area contributed by atoms with Gasteiger partial charge in [0.05, 0.1) is 26.3 Å². The van der Waals surface area contributed by atoms with Crippen LogP contribution in [0.1, 0.15) is 12.8 Å². The summed E-state index contributed by atoms with van der Waals surface area (Å²) in [6.07, 6.45) is -0.0757. The zero-order valence-electron chi connectivity index (χ0n) is 11.7. The van der Waals surface area contributed by atoms with Crippen molar-refractivity contribution in [1.29, 1.82) is 0 Å². The van der Waals surface area contributed by atoms with E-state index in [1.165, 1.54) is 0 Å². The average Bonchev–Trinajstić information content (AvgIpc) is 2.47. The Morgan fingerprint density at radius 3 is 1.48 bits per heavy atom. The van der Waals surface area contributed by atoms with Crippen molar-refractivity contribution in [3.63, 3.8) is 0 Å². The van der Waals surface area contributed by atoms with E-state index in [0.29, 0.717) is 26.3 Å². The highest BCUT2D eigenvalue weighted by atomic mass is 16.5. The van der Waals surface area contributed by atoms with E-state index in [2.05, 4.69) is 21.3 Å². The molecule has 4 N–H and O–H groups in total. The van der Waals surface area contributed by atoms with Crippen molar-refractivity contribution < 1.29 is 23.9 Å². The number of hydrogen-bond donors (Lipinski definition) is 4. The smallest absolute Gasteiger partial charge is 0.239 e. The first-order chi connectivity index (χ1) is 10.1. The molecule has 21 heavy (non-hydrogen) atoms. The number of carbonyl (C=O) groups is 4. The van der Waals surface area contributed by atoms with Gasteiger partial charge < -0.3 is 26.0 Å². The predicted octanol–water partition coefficient (Wildman–Crippen LogP) is -2.74. The quantitative estimate of drug-likeness (QED) is 0.386. The third kappa shape index (κ3) is 8.58. The summed E-state index contributed by atoms with van der Waals surface area (Å²) in [5, 5.41) is 9.95. The molecule has 118 valence electrons. The van der Waals surface area contributed by atoms with Gasteiger partial charge in [0, 0.05) is 25.9 Å². The second-order valence-corrected chi connectivity index (χ2v) is 4.37. The molecule has 0 aromatic heterocycles. The lowest BCUT2D eigenvalue weighted by atomic mass is 10.3. The number of ether oxygens (including phenoxy) is 1. The Bertz CT molecular complexity index is 363. The Labute approximate surface area is 122 Å². The summed E-state index contributed by atoms with van der Waals surface area (Å²) in [7, 11) is 0. The third-order valence-electron chi connectivity index (χ3n) is 2.61. The maximum atomic E-state index is 11.4. The third-order valence-corrected chi connectivity index (χ3v) is 2.61. The highest BCUT2D eigenvalue weighted by Crippen LogP contribution is 1.89. The fourth-order valence-corrected chi connectivity index (χ4v) is 1.51. The van der Waals surface area contributed by atoms with E-state index in [9.17, 15) is 19.2 Å². The second-order valence-electron chi connectivity index (χ2n) is 4.37. The van der Waals surface area contributed by atoms with E-state index >= 15 is 0 Å². The Morgan fingerprint density at radius 1 is 0.619 bits per heavy atom. The standard InChI is InChI=1S/C12H20N4O5/c17-9-1-2-10(18)16-8-12(20)14-4-6-21-5-3-13-11(19)7-15-9/h1-8H2,(H,13,19)(H,14,20)(H,15,17)(H,16,18). The number of rotatable bonds is 0. The van der Waals surface area contributed by atoms with E-state index in [4.69, 9.17) is 4.74 Å². The van der Waals surface area contributed by atoms with Gasteiger partial charge in [-0.1, -0.05) is 0 Å². The zero-order valence-corrected chi connectivity index (χ0v) is 11.7. The molecule has 1 aliphatic rings. The Kier molecular flexibility index (Phi) is 7.80. The number of carbonyl (C=O) groups excluding carboxylic acids is 4. The van der Waals surface area contributed by atoms with Gasteiger partial charge in [-0.3, -0.25) is 19.2 Å². The van der Waals surface area contributed by atoms with Gasteiger partial charge in [0.2, 0.25) is 23.6 Å². The highest BCUT2D eigenvalue weighted by Gasteiger charge is 2.10. The largest absolute Gasteiger partial charge is 0.378 e. The molecule has 9 nitrogen and oxygen atoms in total. The van der Waals surface area contributed by atoms with E-state index in [1.54, 1.807) is 0 Å². The van der Waals surface area contributed by atoms with E-state index in [1.807, 2.05) is 0 Å². The van der Waals surface area contributed by atoms with Crippen molar-refractivity contribution >= 4 is 23.6 Å². The summed E-state index contributed by atoms with van der Waals surface area (Å²) in [4.78, 5) is 45.6. The van der Waals surface area contributed by atoms with Crippen molar-refractivity contribution in [1.82, 2.24) is 21.3 Å². The molecule has 1 saturated heterocycles. The molecule has 0 bridgehead atoms. The predicted molar refractivity (Wildman–Crippen MR) is 72.1 cm³/mol. The van der Waals surface area contributed by atoms with Crippen LogP contribution in [0.5, 0.6) is 0 Å². The van der Waals surface area contributed by atoms with Crippen LogP contribution in [-0.4, -0.2) is 63.0 Å². The summed E-state index contributed by atoms with van der Waals surface area (Å²) in [5.74, 6) is -1.45. The van der Waals surface area contributed by atoms with Gasteiger partial charge in [-0.05, 0) is 0 Å². The van der Waals surface area contributed by atoms with Gasteiger partial charge in [-0.2, -0.15) is 0 Å². The highest BCUT2D eigenvalue weighted by molar-refractivity contribution is 5.88. The summed E-state index contributed by atoms with van der Waals surface area (Å²) in [5.41, 5.74) is 0. The molecular weight excluding hydrogens is 280 g/mol. The summed E-state index contributed by atoms with van der Waals surface area (Å²) in [6, 6.07) is 0. The molecule has 4 amide bonds. The first-order valence-electron chi connectivity index (χ1n) is 6.72. The van der Waals surface area contributed by atoms with Crippen LogP contribution in [0.3, 0.4) is 0 Å². The van der Waals surface area contributed by atoms with Crippen LogP contribution in [-0.2, 0) is 23.9 Å². The van der Waals surface area contributed by atoms with Gasteiger partial charge in [-0.15, -0.1) is 0 Å². The van der Waals surface area contributed by atoms with E-state index in [0.717, 1.165) is 0 Å². The van der Waals surface area contributed by atoms with Crippen LogP contribution in [0.2, 0.25) is 0 Å². The normalized spacial score (nSPS) is 20.6. The lowest BCUT2D eigenvalue weighted by Gasteiger charge is -2.07. The van der Waals surface area contributed by atoms with Gasteiger partial charge in [0.1, 0.15) is 0 Å². The molecule has 0 aromatic carbocycles. The van der Waals surface area contributed by atoms with Crippen LogP contribution >= 0.6 is 0 Å². The molecule has 0 atom stereocenters. The summed E-state index contributed by atoms with van der Waals surface area (Å²) >= 11 is 0. The fourth-order valence-electron chi connectivity index (χ4n) is 1.51. The summed E-state index contributed by atoms with van der Waals surface area (Å²) in [6.45, 7) is 0.991. The lowest BCUT2D eigenvalue weighted by molar-refractivity contribution is -0.129. The SMILES string of the molecule is O=C1CCC(=O)NCC(=O)NCCOCCNC(=O)CN1. The molecule has 1 fully saturated rings. The van der Waals surface area contributed by atoms with E-state index < -0.39 is 11.8 Å². The van der Waals surface area contributed by atoms with Crippen LogP contribution in [0.25, 0.3) is 0 Å². The van der Waals surface area contributed by atoms with Gasteiger partial charge in [-0.25, -0.2) is 0 Å². The molecule has 0 aliphatic carbocycles. The van der Waals surface area contributed by atoms with Crippen molar-refractivity contribution in [3.05, 3.63) is 0 Å². The Hall–Kier alpha value is -2.16. The molecule has 0 spiro atoms. The Morgan fingerprint density at radius 2 is 1.05 bits per heavy atom. The molecule has 1 aliphatic heterocycles. The van der Waals surface area contributed by atoms with Gasteiger partial charge >= 0.3 is 0 Å². The minimum Gasteiger partial charge on any atom is -0.378 e. The topological polar surface area (TPSA) is 126 Å². The first-order valence-corrected chi connectivity index (χ1v) is 6.72. The molecular formula is C12H20N4O5. The maximum Gasteiger partial charge on any atom is 0.239 e. The number of amides is 4. The maximum absolute atomic E-state index is 11.4. The summed E-state index contributed by atoms with van der Waals surface area (Å²) < 4.78 is 5.19.